The third kappa shape index (κ3) is 4.35. The number of benzene rings is 1. The van der Waals surface area contributed by atoms with E-state index in [0.717, 1.165) is 42.2 Å². The first-order valence-electron chi connectivity index (χ1n) is 6.58. The molecule has 0 aliphatic carbocycles. The summed E-state index contributed by atoms with van der Waals surface area (Å²) in [6.07, 6.45) is -3.46. The molecule has 0 radical (unpaired) electrons. The van der Waals surface area contributed by atoms with Crippen LogP contribution in [0.4, 0.5) is 13.2 Å². The second-order valence-corrected chi connectivity index (χ2v) is 9.48. The molecule has 1 aromatic carbocycles. The highest BCUT2D eigenvalue weighted by atomic mass is 28.4. The van der Waals surface area contributed by atoms with Gasteiger partial charge in [-0.15, -0.1) is 0 Å². The number of hydrogen-bond donors (Lipinski definition) is 0. The fourth-order valence-corrected chi connectivity index (χ4v) is 4.96. The molecule has 1 nitrogen and oxygen atoms in total. The Kier molecular flexibility index (Phi) is 5.61. The first-order valence-corrected chi connectivity index (χ1v) is 9.11. The summed E-state index contributed by atoms with van der Waals surface area (Å²) in [6.45, 7) is 4.26. The highest BCUT2D eigenvalue weighted by molar-refractivity contribution is 6.73. The molecule has 0 aliphatic heterocycles. The van der Waals surface area contributed by atoms with Gasteiger partial charge in [-0.3, -0.25) is 0 Å². The Morgan fingerprint density at radius 2 is 1.58 bits per heavy atom. The van der Waals surface area contributed by atoms with Crippen molar-refractivity contribution in [2.45, 2.75) is 44.6 Å². The Bertz CT molecular complexity index is 374. The van der Waals surface area contributed by atoms with Crippen LogP contribution in [0.3, 0.4) is 0 Å². The van der Waals surface area contributed by atoms with E-state index in [4.69, 9.17) is 4.43 Å². The highest BCUT2D eigenvalue weighted by Crippen LogP contribution is 2.30. The lowest BCUT2D eigenvalue weighted by atomic mass is 10.1. The molecule has 0 saturated heterocycles. The van der Waals surface area contributed by atoms with E-state index in [1.165, 1.54) is 0 Å². The van der Waals surface area contributed by atoms with Gasteiger partial charge in [0.2, 0.25) is 0 Å². The van der Waals surface area contributed by atoms with Gasteiger partial charge in [-0.25, -0.2) is 0 Å². The van der Waals surface area contributed by atoms with E-state index in [1.54, 1.807) is 19.2 Å². The van der Waals surface area contributed by atoms with E-state index in [2.05, 4.69) is 13.8 Å². The quantitative estimate of drug-likeness (QED) is 0.678. The first kappa shape index (κ1) is 16.2. The van der Waals surface area contributed by atoms with Gasteiger partial charge in [-0.1, -0.05) is 26.0 Å². The number of rotatable bonds is 6. The number of aryl methyl sites for hydroxylation is 1. The molecule has 0 saturated carbocycles. The summed E-state index contributed by atoms with van der Waals surface area (Å²) in [7, 11) is 0.0833. The standard InChI is InChI=1S/C14H21F3OSi/c1-4-19(5-2,18-3)11-10-12-6-8-13(9-7-12)14(15,16)17/h6-9H,4-5,10-11H2,1-3H3. The van der Waals surface area contributed by atoms with Crippen molar-refractivity contribution in [3.63, 3.8) is 0 Å². The van der Waals surface area contributed by atoms with E-state index in [1.807, 2.05) is 0 Å². The molecule has 5 heteroatoms. The van der Waals surface area contributed by atoms with Crippen molar-refractivity contribution in [2.75, 3.05) is 7.11 Å². The second kappa shape index (κ2) is 6.57. The smallest absolute Gasteiger partial charge is 0.416 e. The molecular formula is C14H21F3OSi. The zero-order valence-electron chi connectivity index (χ0n) is 11.7. The second-order valence-electron chi connectivity index (χ2n) is 4.79. The Labute approximate surface area is 113 Å². The van der Waals surface area contributed by atoms with Gasteiger partial charge in [-0.2, -0.15) is 13.2 Å². The van der Waals surface area contributed by atoms with Crippen molar-refractivity contribution in [2.24, 2.45) is 0 Å². The van der Waals surface area contributed by atoms with Crippen LogP contribution in [0.1, 0.15) is 25.0 Å². The minimum atomic E-state index is -4.25. The molecule has 0 bridgehead atoms. The molecule has 0 atom stereocenters. The topological polar surface area (TPSA) is 9.23 Å². The van der Waals surface area contributed by atoms with Crippen molar-refractivity contribution in [3.8, 4) is 0 Å². The van der Waals surface area contributed by atoms with Crippen molar-refractivity contribution >= 4 is 8.32 Å². The SMILES string of the molecule is CC[Si](CC)(CCc1ccc(C(F)(F)F)cc1)OC. The molecule has 0 fully saturated rings. The first-order chi connectivity index (χ1) is 8.87. The van der Waals surface area contributed by atoms with E-state index in [0.29, 0.717) is 0 Å². The Morgan fingerprint density at radius 3 is 1.95 bits per heavy atom. The van der Waals surface area contributed by atoms with E-state index >= 15 is 0 Å². The van der Waals surface area contributed by atoms with Crippen molar-refractivity contribution in [3.05, 3.63) is 35.4 Å². The summed E-state index contributed by atoms with van der Waals surface area (Å²) < 4.78 is 43.0. The Balaban J connectivity index is 2.69. The number of halogens is 3. The van der Waals surface area contributed by atoms with Crippen LogP contribution in [-0.4, -0.2) is 15.4 Å². The monoisotopic (exact) mass is 290 g/mol. The normalized spacial score (nSPS) is 12.7. The van der Waals surface area contributed by atoms with Gasteiger partial charge in [-0.05, 0) is 42.2 Å². The molecule has 0 amide bonds. The third-order valence-electron chi connectivity index (χ3n) is 3.87. The molecule has 1 rings (SSSR count). The van der Waals surface area contributed by atoms with Crippen LogP contribution in [-0.2, 0) is 17.0 Å². The minimum absolute atomic E-state index is 0.586. The predicted molar refractivity (Wildman–Crippen MR) is 73.7 cm³/mol. The molecule has 1 aromatic rings. The summed E-state index contributed by atoms with van der Waals surface area (Å²) in [6, 6.07) is 8.50. The van der Waals surface area contributed by atoms with Crippen LogP contribution >= 0.6 is 0 Å². The molecule has 0 aromatic heterocycles. The molecule has 0 N–H and O–H groups in total. The van der Waals surface area contributed by atoms with Crippen molar-refractivity contribution in [1.82, 2.24) is 0 Å². The lowest BCUT2D eigenvalue weighted by molar-refractivity contribution is -0.137. The Morgan fingerprint density at radius 1 is 1.05 bits per heavy atom. The largest absolute Gasteiger partial charge is 0.420 e. The van der Waals surface area contributed by atoms with Gasteiger partial charge in [0, 0.05) is 7.11 Å². The molecular weight excluding hydrogens is 269 g/mol. The molecule has 0 heterocycles. The predicted octanol–water partition coefficient (Wildman–Crippen LogP) is 4.88. The Hall–Kier alpha value is -0.813. The molecule has 19 heavy (non-hydrogen) atoms. The summed E-state index contributed by atoms with van der Waals surface area (Å²) >= 11 is 0. The molecule has 0 aliphatic rings. The van der Waals surface area contributed by atoms with Crippen molar-refractivity contribution < 1.29 is 17.6 Å². The van der Waals surface area contributed by atoms with Crippen LogP contribution in [0, 0.1) is 0 Å². The maximum Gasteiger partial charge on any atom is 0.416 e. The molecule has 108 valence electrons. The van der Waals surface area contributed by atoms with Crippen LogP contribution in [0.25, 0.3) is 0 Å². The average Bonchev–Trinajstić information content (AvgIpc) is 2.40. The third-order valence-corrected chi connectivity index (χ3v) is 8.48. The summed E-state index contributed by atoms with van der Waals surface area (Å²) in [4.78, 5) is 0. The summed E-state index contributed by atoms with van der Waals surface area (Å²) in [5.41, 5.74) is 0.362. The van der Waals surface area contributed by atoms with E-state index in [9.17, 15) is 13.2 Å². The van der Waals surface area contributed by atoms with Crippen LogP contribution in [0.5, 0.6) is 0 Å². The maximum atomic E-state index is 12.4. The maximum absolute atomic E-state index is 12.4. The molecule has 0 unspecified atom stereocenters. The summed E-state index contributed by atoms with van der Waals surface area (Å²) in [5.74, 6) is 0. The summed E-state index contributed by atoms with van der Waals surface area (Å²) in [5, 5.41) is 0. The lowest BCUT2D eigenvalue weighted by Crippen LogP contribution is -2.35. The van der Waals surface area contributed by atoms with Crippen LogP contribution in [0.2, 0.25) is 18.1 Å². The average molecular weight is 290 g/mol. The zero-order valence-corrected chi connectivity index (χ0v) is 12.7. The van der Waals surface area contributed by atoms with Crippen molar-refractivity contribution in [1.29, 1.82) is 0 Å². The van der Waals surface area contributed by atoms with Gasteiger partial charge in [0.1, 0.15) is 0 Å². The van der Waals surface area contributed by atoms with Gasteiger partial charge < -0.3 is 4.43 Å². The molecule has 0 spiro atoms. The van der Waals surface area contributed by atoms with Gasteiger partial charge >= 0.3 is 6.18 Å². The fraction of sp³-hybridized carbons (Fsp3) is 0.571. The fourth-order valence-electron chi connectivity index (χ4n) is 2.23. The van der Waals surface area contributed by atoms with Gasteiger partial charge in [0.25, 0.3) is 0 Å². The zero-order chi connectivity index (χ0) is 14.5. The number of alkyl halides is 3. The van der Waals surface area contributed by atoms with Crippen LogP contribution in [0.15, 0.2) is 24.3 Å². The van der Waals surface area contributed by atoms with Gasteiger partial charge in [0.15, 0.2) is 8.32 Å². The number of hydrogen-bond acceptors (Lipinski definition) is 1. The van der Waals surface area contributed by atoms with E-state index < -0.39 is 20.1 Å². The highest BCUT2D eigenvalue weighted by Gasteiger charge is 2.31. The minimum Gasteiger partial charge on any atom is -0.420 e. The van der Waals surface area contributed by atoms with E-state index in [-0.39, 0.29) is 0 Å². The lowest BCUT2D eigenvalue weighted by Gasteiger charge is -2.27. The van der Waals surface area contributed by atoms with Crippen LogP contribution < -0.4 is 0 Å². The van der Waals surface area contributed by atoms with Gasteiger partial charge in [0.05, 0.1) is 5.56 Å².